The van der Waals surface area contributed by atoms with Gasteiger partial charge in [-0.15, -0.1) is 0 Å². The van der Waals surface area contributed by atoms with Gasteiger partial charge in [-0.1, -0.05) is 18.2 Å². The number of hydrazine groups is 2. The van der Waals surface area contributed by atoms with Crippen molar-refractivity contribution in [3.05, 3.63) is 77.6 Å². The lowest BCUT2D eigenvalue weighted by molar-refractivity contribution is -0.109. The second-order valence-electron chi connectivity index (χ2n) is 6.12. The van der Waals surface area contributed by atoms with E-state index in [9.17, 15) is 4.39 Å². The zero-order chi connectivity index (χ0) is 21.2. The van der Waals surface area contributed by atoms with E-state index in [2.05, 4.69) is 10.8 Å². The number of carbonyl (C=O) groups is 1. The summed E-state index contributed by atoms with van der Waals surface area (Å²) in [4.78, 5) is 13.4. The summed E-state index contributed by atoms with van der Waals surface area (Å²) >= 11 is 0. The first kappa shape index (κ1) is 21.8. The Balaban J connectivity index is 0.000000687. The van der Waals surface area contributed by atoms with Gasteiger partial charge in [0.15, 0.2) is 0 Å². The van der Waals surface area contributed by atoms with Crippen LogP contribution in [0.25, 0.3) is 11.3 Å². The van der Waals surface area contributed by atoms with E-state index in [0.717, 1.165) is 28.1 Å². The maximum Gasteiger partial charge on any atom is 0.221 e. The fraction of sp³-hybridized carbons (Fsp3) is 0.143. The third-order valence-corrected chi connectivity index (χ3v) is 4.06. The first-order valence-corrected chi connectivity index (χ1v) is 8.78. The van der Waals surface area contributed by atoms with E-state index in [0.29, 0.717) is 18.9 Å². The number of hydrogen-bond acceptors (Lipinski definition) is 6. The molecule has 0 saturated heterocycles. The molecular formula is C21H24FN5O2. The van der Waals surface area contributed by atoms with Crippen molar-refractivity contribution in [2.45, 2.75) is 13.5 Å². The van der Waals surface area contributed by atoms with Crippen LogP contribution in [-0.2, 0) is 11.4 Å². The average Bonchev–Trinajstić information content (AvgIpc) is 2.73. The summed E-state index contributed by atoms with van der Waals surface area (Å²) in [5.74, 6) is 10.5. The molecule has 0 fully saturated rings. The number of aromatic nitrogens is 1. The zero-order valence-electron chi connectivity index (χ0n) is 16.3. The number of aryl methyl sites for hydroxylation is 1. The number of hydrogen-bond donors (Lipinski definition) is 3. The number of benzene rings is 2. The van der Waals surface area contributed by atoms with Gasteiger partial charge in [0.25, 0.3) is 0 Å². The highest BCUT2D eigenvalue weighted by atomic mass is 19.1. The fourth-order valence-electron chi connectivity index (χ4n) is 2.63. The Bertz CT molecular complexity index is 933. The lowest BCUT2D eigenvalue weighted by Crippen LogP contribution is -2.26. The highest BCUT2D eigenvalue weighted by molar-refractivity contribution is 5.59. The molecule has 1 aromatic heterocycles. The highest BCUT2D eigenvalue weighted by Crippen LogP contribution is 2.24. The third-order valence-electron chi connectivity index (χ3n) is 4.06. The molecule has 0 saturated carbocycles. The van der Waals surface area contributed by atoms with Gasteiger partial charge in [0.1, 0.15) is 12.4 Å². The molecule has 29 heavy (non-hydrogen) atoms. The molecule has 7 nitrogen and oxygen atoms in total. The van der Waals surface area contributed by atoms with Gasteiger partial charge in [0.05, 0.1) is 11.4 Å². The lowest BCUT2D eigenvalue weighted by atomic mass is 10.1. The van der Waals surface area contributed by atoms with Crippen LogP contribution in [0.2, 0.25) is 0 Å². The summed E-state index contributed by atoms with van der Waals surface area (Å²) in [7, 11) is 1.80. The van der Waals surface area contributed by atoms with Gasteiger partial charge in [0.2, 0.25) is 12.3 Å². The number of amides is 1. The summed E-state index contributed by atoms with van der Waals surface area (Å²) in [5, 5.41) is 1.58. The molecule has 1 heterocycles. The van der Waals surface area contributed by atoms with Crippen LogP contribution in [0, 0.1) is 12.7 Å². The topological polar surface area (TPSA) is 106 Å². The van der Waals surface area contributed by atoms with Gasteiger partial charge >= 0.3 is 0 Å². The molecule has 0 aliphatic heterocycles. The Morgan fingerprint density at radius 3 is 2.41 bits per heavy atom. The molecule has 0 spiro atoms. The number of nitrogens with one attached hydrogen (secondary N) is 1. The standard InChI is InChI=1S/C20H20FN3O.CH4N2O/c1-14-5-3-7-19(24(2)22)17(14)13-25-20-8-4-6-18(23-20)15-9-11-16(21)12-10-15;2-3-1-4/h3-12H,13,22H2,1-2H3;1H,2H2,(H,3,4). The maximum absolute atomic E-state index is 13.1. The largest absolute Gasteiger partial charge is 0.473 e. The normalized spacial score (nSPS) is 9.83. The van der Waals surface area contributed by atoms with E-state index >= 15 is 0 Å². The minimum atomic E-state index is -0.269. The van der Waals surface area contributed by atoms with Crippen LogP contribution in [0.5, 0.6) is 5.88 Å². The predicted molar refractivity (Wildman–Crippen MR) is 111 cm³/mol. The molecule has 0 radical (unpaired) electrons. The minimum absolute atomic E-state index is 0.269. The number of nitrogens with two attached hydrogens (primary N) is 2. The summed E-state index contributed by atoms with van der Waals surface area (Å²) in [6, 6.07) is 17.7. The molecule has 0 unspecified atom stereocenters. The third kappa shape index (κ3) is 6.27. The monoisotopic (exact) mass is 397 g/mol. The number of nitrogens with zero attached hydrogens (tertiary/aromatic N) is 2. The number of carbonyl (C=O) groups excluding carboxylic acids is 1. The SMILES string of the molecule is Cc1cccc(N(C)N)c1COc1cccc(-c2ccc(F)cc2)n1.NNC=O. The van der Waals surface area contributed by atoms with E-state index in [1.807, 2.05) is 37.3 Å². The Morgan fingerprint density at radius 1 is 1.14 bits per heavy atom. The van der Waals surface area contributed by atoms with Crippen LogP contribution in [0.3, 0.4) is 0 Å². The lowest BCUT2D eigenvalue weighted by Gasteiger charge is -2.19. The average molecular weight is 397 g/mol. The summed E-state index contributed by atoms with van der Waals surface area (Å²) < 4.78 is 19.0. The molecule has 0 atom stereocenters. The second-order valence-corrected chi connectivity index (χ2v) is 6.12. The molecule has 0 bridgehead atoms. The molecule has 5 N–H and O–H groups in total. The molecule has 3 aromatic rings. The van der Waals surface area contributed by atoms with Gasteiger partial charge < -0.3 is 9.75 Å². The molecular weight excluding hydrogens is 373 g/mol. The number of anilines is 1. The summed E-state index contributed by atoms with van der Waals surface area (Å²) in [6.07, 6.45) is 0.403. The zero-order valence-corrected chi connectivity index (χ0v) is 16.3. The van der Waals surface area contributed by atoms with Crippen molar-refractivity contribution in [3.8, 4) is 17.1 Å². The van der Waals surface area contributed by atoms with E-state index in [-0.39, 0.29) is 5.82 Å². The Kier molecular flexibility index (Phi) is 8.08. The van der Waals surface area contributed by atoms with Gasteiger partial charge in [-0.3, -0.25) is 10.2 Å². The number of pyridine rings is 1. The molecule has 8 heteroatoms. The van der Waals surface area contributed by atoms with Crippen molar-refractivity contribution >= 4 is 12.1 Å². The maximum atomic E-state index is 13.1. The van der Waals surface area contributed by atoms with Crippen LogP contribution in [-0.4, -0.2) is 18.4 Å². The number of rotatable bonds is 6. The van der Waals surface area contributed by atoms with Crippen molar-refractivity contribution in [2.75, 3.05) is 12.1 Å². The van der Waals surface area contributed by atoms with Gasteiger partial charge in [0, 0.05) is 24.2 Å². The summed E-state index contributed by atoms with van der Waals surface area (Å²) in [5.41, 5.74) is 6.35. The molecule has 0 aliphatic rings. The molecule has 2 aromatic carbocycles. The van der Waals surface area contributed by atoms with Crippen molar-refractivity contribution in [1.82, 2.24) is 10.4 Å². The van der Waals surface area contributed by atoms with Gasteiger partial charge in [-0.2, -0.15) is 0 Å². The molecule has 0 aliphatic carbocycles. The number of ether oxygens (including phenoxy) is 1. The van der Waals surface area contributed by atoms with E-state index in [1.54, 1.807) is 35.7 Å². The van der Waals surface area contributed by atoms with Crippen LogP contribution in [0.4, 0.5) is 10.1 Å². The fourth-order valence-corrected chi connectivity index (χ4v) is 2.63. The molecule has 1 amide bonds. The van der Waals surface area contributed by atoms with Crippen LogP contribution in [0.15, 0.2) is 60.7 Å². The highest BCUT2D eigenvalue weighted by Gasteiger charge is 2.09. The summed E-state index contributed by atoms with van der Waals surface area (Å²) in [6.45, 7) is 2.39. The Hall–Kier alpha value is -3.49. The van der Waals surface area contributed by atoms with Crippen LogP contribution in [0.1, 0.15) is 11.1 Å². The smallest absolute Gasteiger partial charge is 0.221 e. The first-order chi connectivity index (χ1) is 14.0. The van der Waals surface area contributed by atoms with Crippen molar-refractivity contribution < 1.29 is 13.9 Å². The van der Waals surface area contributed by atoms with Crippen molar-refractivity contribution in [1.29, 1.82) is 0 Å². The van der Waals surface area contributed by atoms with E-state index in [1.165, 1.54) is 12.1 Å². The van der Waals surface area contributed by atoms with E-state index < -0.39 is 0 Å². The minimum Gasteiger partial charge on any atom is -0.473 e. The van der Waals surface area contributed by atoms with Crippen LogP contribution >= 0.6 is 0 Å². The van der Waals surface area contributed by atoms with E-state index in [4.69, 9.17) is 15.4 Å². The Labute approximate surface area is 169 Å². The number of halogens is 1. The van der Waals surface area contributed by atoms with Gasteiger partial charge in [-0.25, -0.2) is 21.1 Å². The quantitative estimate of drug-likeness (QED) is 0.256. The van der Waals surface area contributed by atoms with Crippen molar-refractivity contribution in [2.24, 2.45) is 11.7 Å². The van der Waals surface area contributed by atoms with Gasteiger partial charge in [-0.05, 0) is 48.9 Å². The van der Waals surface area contributed by atoms with Crippen LogP contribution < -0.4 is 26.9 Å². The molecule has 152 valence electrons. The molecule has 3 rings (SSSR count). The predicted octanol–water partition coefficient (Wildman–Crippen LogP) is 2.69. The second kappa shape index (κ2) is 10.7. The van der Waals surface area contributed by atoms with Crippen molar-refractivity contribution in [3.63, 3.8) is 0 Å². The Morgan fingerprint density at radius 2 is 1.79 bits per heavy atom. The first-order valence-electron chi connectivity index (χ1n) is 8.78.